The van der Waals surface area contributed by atoms with Crippen LogP contribution in [0.3, 0.4) is 0 Å². The zero-order chi connectivity index (χ0) is 20.5. The first-order valence-corrected chi connectivity index (χ1v) is 8.58. The molecule has 0 bridgehead atoms. The molecule has 7 nitrogen and oxygen atoms in total. The molecule has 3 rings (SSSR count). The van der Waals surface area contributed by atoms with Crippen LogP contribution in [0.15, 0.2) is 42.5 Å². The predicted octanol–water partition coefficient (Wildman–Crippen LogP) is 2.21. The van der Waals surface area contributed by atoms with E-state index >= 15 is 0 Å². The van der Waals surface area contributed by atoms with Crippen molar-refractivity contribution in [3.8, 4) is 11.5 Å². The highest BCUT2D eigenvalue weighted by Crippen LogP contribution is 2.48. The summed E-state index contributed by atoms with van der Waals surface area (Å²) in [7, 11) is 2.82. The monoisotopic (exact) mass is 383 g/mol. The molecule has 0 spiro atoms. The van der Waals surface area contributed by atoms with Crippen LogP contribution in [0.4, 0.5) is 5.69 Å². The van der Waals surface area contributed by atoms with Gasteiger partial charge in [0.2, 0.25) is 0 Å². The molecule has 2 atom stereocenters. The van der Waals surface area contributed by atoms with Crippen molar-refractivity contribution < 1.29 is 29.3 Å². The van der Waals surface area contributed by atoms with Crippen molar-refractivity contribution in [2.24, 2.45) is 0 Å². The van der Waals surface area contributed by atoms with Crippen molar-refractivity contribution in [3.63, 3.8) is 0 Å². The number of carbonyl (C=O) groups is 2. The summed E-state index contributed by atoms with van der Waals surface area (Å²) in [4.78, 5) is 23.8. The highest BCUT2D eigenvalue weighted by atomic mass is 16.5. The molecule has 2 unspecified atom stereocenters. The van der Waals surface area contributed by atoms with Gasteiger partial charge in [0.05, 0.1) is 18.4 Å². The van der Waals surface area contributed by atoms with Crippen LogP contribution in [-0.4, -0.2) is 42.2 Å². The molecular formula is C21H21NO6. The van der Waals surface area contributed by atoms with Crippen molar-refractivity contribution >= 4 is 23.5 Å². The fourth-order valence-corrected chi connectivity index (χ4v) is 3.38. The summed E-state index contributed by atoms with van der Waals surface area (Å²) in [6.45, 7) is 1.39. The van der Waals surface area contributed by atoms with Crippen LogP contribution in [0.25, 0.3) is 6.08 Å². The Morgan fingerprint density at radius 2 is 1.86 bits per heavy atom. The van der Waals surface area contributed by atoms with Gasteiger partial charge in [-0.05, 0) is 48.9 Å². The third-order valence-electron chi connectivity index (χ3n) is 4.73. The number of methoxy groups -OCH3 is 2. The van der Waals surface area contributed by atoms with E-state index in [0.717, 1.165) is 0 Å². The van der Waals surface area contributed by atoms with E-state index in [9.17, 15) is 19.8 Å². The number of aromatic hydroxyl groups is 1. The Labute approximate surface area is 162 Å². The van der Waals surface area contributed by atoms with Gasteiger partial charge in [0.1, 0.15) is 11.5 Å². The predicted molar refractivity (Wildman–Crippen MR) is 103 cm³/mol. The lowest BCUT2D eigenvalue weighted by atomic mass is 9.76. The van der Waals surface area contributed by atoms with Crippen molar-refractivity contribution in [2.45, 2.75) is 18.6 Å². The SMILES string of the molecule is COc1ccc(C2(O)c3c(ccc(C=CC(C)=O)c3O)NC(=O)C2OC)cc1. The van der Waals surface area contributed by atoms with Gasteiger partial charge in [0.25, 0.3) is 5.91 Å². The number of fused-ring (bicyclic) bond motifs is 1. The van der Waals surface area contributed by atoms with Gasteiger partial charge in [-0.25, -0.2) is 0 Å². The zero-order valence-electron chi connectivity index (χ0n) is 15.7. The highest BCUT2D eigenvalue weighted by Gasteiger charge is 2.51. The van der Waals surface area contributed by atoms with Gasteiger partial charge in [-0.1, -0.05) is 12.1 Å². The molecule has 1 amide bonds. The third-order valence-corrected chi connectivity index (χ3v) is 4.73. The maximum Gasteiger partial charge on any atom is 0.257 e. The number of ether oxygens (including phenoxy) is 2. The van der Waals surface area contributed by atoms with E-state index in [2.05, 4.69) is 5.32 Å². The van der Waals surface area contributed by atoms with Gasteiger partial charge in [-0.3, -0.25) is 9.59 Å². The maximum absolute atomic E-state index is 12.6. The van der Waals surface area contributed by atoms with E-state index in [-0.39, 0.29) is 22.8 Å². The van der Waals surface area contributed by atoms with E-state index in [0.29, 0.717) is 16.9 Å². The molecule has 1 aliphatic heterocycles. The van der Waals surface area contributed by atoms with Crippen molar-refractivity contribution in [2.75, 3.05) is 19.5 Å². The summed E-state index contributed by atoms with van der Waals surface area (Å²) in [5.41, 5.74) is -0.932. The van der Waals surface area contributed by atoms with Crippen LogP contribution in [0, 0.1) is 0 Å². The molecule has 1 heterocycles. The summed E-state index contributed by atoms with van der Waals surface area (Å²) in [5, 5.41) is 25.2. The molecule has 7 heteroatoms. The van der Waals surface area contributed by atoms with Gasteiger partial charge in [0.15, 0.2) is 17.5 Å². The molecule has 0 aliphatic carbocycles. The summed E-state index contributed by atoms with van der Waals surface area (Å²) < 4.78 is 10.5. The number of allylic oxidation sites excluding steroid dienone is 1. The number of ketones is 1. The number of amides is 1. The number of anilines is 1. The number of aliphatic hydroxyl groups is 1. The average molecular weight is 383 g/mol. The number of hydrogen-bond acceptors (Lipinski definition) is 6. The summed E-state index contributed by atoms with van der Waals surface area (Å²) in [6, 6.07) is 9.60. The largest absolute Gasteiger partial charge is 0.507 e. The molecule has 0 saturated heterocycles. The number of phenolic OH excluding ortho intramolecular Hbond substituents is 1. The van der Waals surface area contributed by atoms with E-state index < -0.39 is 17.6 Å². The Morgan fingerprint density at radius 3 is 2.43 bits per heavy atom. The van der Waals surface area contributed by atoms with Crippen molar-refractivity contribution in [1.82, 2.24) is 0 Å². The van der Waals surface area contributed by atoms with E-state index in [1.807, 2.05) is 0 Å². The molecule has 146 valence electrons. The Balaban J connectivity index is 2.26. The first-order chi connectivity index (χ1) is 13.3. The minimum atomic E-state index is -1.96. The molecule has 0 fully saturated rings. The Hall–Kier alpha value is -3.16. The lowest BCUT2D eigenvalue weighted by molar-refractivity contribution is -0.142. The first-order valence-electron chi connectivity index (χ1n) is 8.58. The molecule has 0 saturated carbocycles. The van der Waals surface area contributed by atoms with E-state index in [4.69, 9.17) is 9.47 Å². The lowest BCUT2D eigenvalue weighted by Crippen LogP contribution is -2.52. The summed E-state index contributed by atoms with van der Waals surface area (Å²) in [6.07, 6.45) is 1.46. The fraction of sp³-hybridized carbons (Fsp3) is 0.238. The fourth-order valence-electron chi connectivity index (χ4n) is 3.38. The molecule has 2 aromatic rings. The smallest absolute Gasteiger partial charge is 0.257 e. The van der Waals surface area contributed by atoms with Crippen LogP contribution in [0.2, 0.25) is 0 Å². The normalized spacial score (nSPS) is 21.3. The average Bonchev–Trinajstić information content (AvgIpc) is 2.67. The minimum Gasteiger partial charge on any atom is -0.507 e. The minimum absolute atomic E-state index is 0.0924. The second-order valence-electron chi connectivity index (χ2n) is 6.47. The molecule has 2 aromatic carbocycles. The zero-order valence-corrected chi connectivity index (χ0v) is 15.7. The standard InChI is InChI=1S/C21H21NO6/c1-12(23)4-5-13-6-11-16-17(18(13)24)21(26,19(28-3)20(25)22-16)14-7-9-15(27-2)10-8-14/h4-11,19,24,26H,1-3H3,(H,22,25). The maximum atomic E-state index is 12.6. The number of hydrogen-bond donors (Lipinski definition) is 3. The molecular weight excluding hydrogens is 362 g/mol. The topological polar surface area (TPSA) is 105 Å². The van der Waals surface area contributed by atoms with Crippen molar-refractivity contribution in [3.05, 3.63) is 59.2 Å². The summed E-state index contributed by atoms with van der Waals surface area (Å²) >= 11 is 0. The Bertz CT molecular complexity index is 950. The number of rotatable bonds is 5. The van der Waals surface area contributed by atoms with Crippen LogP contribution < -0.4 is 10.1 Å². The molecule has 0 aromatic heterocycles. The van der Waals surface area contributed by atoms with E-state index in [1.54, 1.807) is 36.4 Å². The second kappa shape index (κ2) is 7.46. The van der Waals surface area contributed by atoms with Crippen LogP contribution in [-0.2, 0) is 19.9 Å². The second-order valence-corrected chi connectivity index (χ2v) is 6.47. The molecule has 0 radical (unpaired) electrons. The van der Waals surface area contributed by atoms with Gasteiger partial charge >= 0.3 is 0 Å². The van der Waals surface area contributed by atoms with Crippen molar-refractivity contribution in [1.29, 1.82) is 0 Å². The van der Waals surface area contributed by atoms with Gasteiger partial charge in [-0.15, -0.1) is 0 Å². The van der Waals surface area contributed by atoms with Crippen LogP contribution >= 0.6 is 0 Å². The van der Waals surface area contributed by atoms with Crippen LogP contribution in [0.5, 0.6) is 11.5 Å². The number of phenols is 1. The summed E-state index contributed by atoms with van der Waals surface area (Å²) in [5.74, 6) is -0.412. The lowest BCUT2D eigenvalue weighted by Gasteiger charge is -2.40. The van der Waals surface area contributed by atoms with Gasteiger partial charge in [-0.2, -0.15) is 0 Å². The van der Waals surface area contributed by atoms with Gasteiger partial charge in [0, 0.05) is 12.7 Å². The van der Waals surface area contributed by atoms with Crippen LogP contribution in [0.1, 0.15) is 23.6 Å². The number of nitrogens with one attached hydrogen (secondary N) is 1. The van der Waals surface area contributed by atoms with E-state index in [1.165, 1.54) is 33.3 Å². The first kappa shape index (κ1) is 19.6. The number of benzene rings is 2. The number of carbonyl (C=O) groups excluding carboxylic acids is 2. The Morgan fingerprint density at radius 1 is 1.18 bits per heavy atom. The molecule has 28 heavy (non-hydrogen) atoms. The highest BCUT2D eigenvalue weighted by molar-refractivity contribution is 6.01. The molecule has 3 N–H and O–H groups in total. The third kappa shape index (κ3) is 3.15. The Kier molecular flexibility index (Phi) is 5.22. The van der Waals surface area contributed by atoms with Gasteiger partial charge < -0.3 is 25.0 Å². The molecule has 1 aliphatic rings. The quantitative estimate of drug-likeness (QED) is 0.684.